The minimum Gasteiger partial charge on any atom is -0.456 e. The second-order valence-corrected chi connectivity index (χ2v) is 17.0. The van der Waals surface area contributed by atoms with E-state index in [-0.39, 0.29) is 0 Å². The van der Waals surface area contributed by atoms with E-state index in [9.17, 15) is 0 Å². The molecule has 0 atom stereocenters. The Labute approximate surface area is 369 Å². The molecule has 7 nitrogen and oxygen atoms in total. The summed E-state index contributed by atoms with van der Waals surface area (Å²) in [6.07, 6.45) is 1.87. The van der Waals surface area contributed by atoms with Gasteiger partial charge in [-0.3, -0.25) is 4.57 Å². The molecule has 0 saturated heterocycles. The van der Waals surface area contributed by atoms with Crippen molar-refractivity contribution >= 4 is 109 Å². The van der Waals surface area contributed by atoms with Crippen molar-refractivity contribution < 1.29 is 8.83 Å². The van der Waals surface area contributed by atoms with Crippen molar-refractivity contribution in [2.24, 2.45) is 0 Å². The number of rotatable bonds is 4. The van der Waals surface area contributed by atoms with E-state index in [2.05, 4.69) is 165 Å². The van der Waals surface area contributed by atoms with Crippen LogP contribution in [0.5, 0.6) is 0 Å². The Balaban J connectivity index is 0.929. The zero-order chi connectivity index (χ0) is 42.3. The van der Waals surface area contributed by atoms with Crippen molar-refractivity contribution in [1.29, 1.82) is 0 Å². The van der Waals surface area contributed by atoms with Crippen molar-refractivity contribution in [3.63, 3.8) is 0 Å². The Hall–Kier alpha value is -8.94. The molecule has 0 aliphatic rings. The van der Waals surface area contributed by atoms with Crippen LogP contribution < -0.4 is 0 Å². The third kappa shape index (κ3) is 4.83. The highest BCUT2D eigenvalue weighted by atomic mass is 16.3. The quantitative estimate of drug-likeness (QED) is 0.177. The van der Waals surface area contributed by atoms with Crippen LogP contribution in [0.1, 0.15) is 0 Å². The summed E-state index contributed by atoms with van der Waals surface area (Å²) in [5.41, 5.74) is 14.3. The standard InChI is InChI=1S/C58H33N5O2/c1-6-16-48-37(11-1)42-30-35(22-24-51(42)61(48)36-23-26-57-46(31-36)41-15-5-10-20-55(41)65-57)62-49-17-7-2-12-38(49)43-33-53-44(32-52(43)62)39-13-3-8-18-50(39)63(53)58-59-28-27-47(60-58)34-21-25-56-45(29-34)40-14-4-9-19-54(40)64-56/h1-33H. The molecule has 0 aliphatic heterocycles. The van der Waals surface area contributed by atoms with E-state index in [0.29, 0.717) is 5.95 Å². The van der Waals surface area contributed by atoms with Gasteiger partial charge in [-0.05, 0) is 103 Å². The molecule has 6 heterocycles. The van der Waals surface area contributed by atoms with E-state index in [0.717, 1.165) is 116 Å². The summed E-state index contributed by atoms with van der Waals surface area (Å²) < 4.78 is 19.4. The Bertz CT molecular complexity index is 4500. The largest absolute Gasteiger partial charge is 0.456 e. The molecule has 0 fully saturated rings. The summed E-state index contributed by atoms with van der Waals surface area (Å²) in [5.74, 6) is 0.621. The number of hydrogen-bond donors (Lipinski definition) is 0. The molecule has 7 heteroatoms. The fourth-order valence-electron chi connectivity index (χ4n) is 10.7. The summed E-state index contributed by atoms with van der Waals surface area (Å²) in [5, 5.41) is 11.4. The van der Waals surface area contributed by atoms with Crippen LogP contribution >= 0.6 is 0 Å². The Morgan fingerprint density at radius 2 is 0.754 bits per heavy atom. The van der Waals surface area contributed by atoms with Gasteiger partial charge < -0.3 is 18.0 Å². The van der Waals surface area contributed by atoms with Gasteiger partial charge in [0.05, 0.1) is 38.8 Å². The van der Waals surface area contributed by atoms with Gasteiger partial charge >= 0.3 is 0 Å². The van der Waals surface area contributed by atoms with E-state index >= 15 is 0 Å². The van der Waals surface area contributed by atoms with E-state index in [1.807, 2.05) is 48.7 Å². The lowest BCUT2D eigenvalue weighted by atomic mass is 10.1. The first-order valence-corrected chi connectivity index (χ1v) is 21.9. The minimum absolute atomic E-state index is 0.621. The van der Waals surface area contributed by atoms with Crippen LogP contribution in [0.25, 0.3) is 138 Å². The SMILES string of the molecule is c1ccc2c(c1)oc1ccc(-c3ccnc(-n4c5ccccc5c5cc6c(cc54)c4ccccc4n6-c4ccc5c(c4)c4ccccc4n5-c4ccc5oc6ccccc6c5c4)n3)cc12. The van der Waals surface area contributed by atoms with Crippen LogP contribution in [0.15, 0.2) is 209 Å². The number of para-hydroxylation sites is 5. The zero-order valence-corrected chi connectivity index (χ0v) is 34.6. The average molecular weight is 832 g/mol. The average Bonchev–Trinajstić information content (AvgIpc) is 4.16. The second-order valence-electron chi connectivity index (χ2n) is 17.0. The summed E-state index contributed by atoms with van der Waals surface area (Å²) >= 11 is 0. The number of aromatic nitrogens is 5. The number of furan rings is 2. The first kappa shape index (κ1) is 34.6. The normalized spacial score (nSPS) is 12.3. The summed E-state index contributed by atoms with van der Waals surface area (Å²) in [7, 11) is 0. The summed E-state index contributed by atoms with van der Waals surface area (Å²) in [6.45, 7) is 0. The number of hydrogen-bond acceptors (Lipinski definition) is 4. The van der Waals surface area contributed by atoms with E-state index in [4.69, 9.17) is 18.8 Å². The Morgan fingerprint density at radius 3 is 1.40 bits per heavy atom. The van der Waals surface area contributed by atoms with Crippen LogP contribution in [0.3, 0.4) is 0 Å². The van der Waals surface area contributed by atoms with Crippen LogP contribution in [0, 0.1) is 0 Å². The molecule has 0 bridgehead atoms. The van der Waals surface area contributed by atoms with Crippen LogP contribution in [0.4, 0.5) is 0 Å². The fourth-order valence-corrected chi connectivity index (χ4v) is 10.7. The highest BCUT2D eigenvalue weighted by molar-refractivity contribution is 6.19. The lowest BCUT2D eigenvalue weighted by Gasteiger charge is -2.11. The van der Waals surface area contributed by atoms with Gasteiger partial charge in [-0.1, -0.05) is 91.0 Å². The first-order chi connectivity index (χ1) is 32.2. The fraction of sp³-hybridized carbons (Fsp3) is 0. The molecule has 0 N–H and O–H groups in total. The maximum absolute atomic E-state index is 6.22. The highest BCUT2D eigenvalue weighted by Gasteiger charge is 2.22. The molecule has 15 rings (SSSR count). The van der Waals surface area contributed by atoms with E-state index in [1.165, 1.54) is 16.2 Å². The number of fused-ring (bicyclic) bond motifs is 15. The van der Waals surface area contributed by atoms with E-state index in [1.54, 1.807) is 0 Å². The molecule has 65 heavy (non-hydrogen) atoms. The number of nitrogens with zero attached hydrogens (tertiary/aromatic N) is 5. The molecule has 0 aliphatic carbocycles. The Kier molecular flexibility index (Phi) is 6.83. The lowest BCUT2D eigenvalue weighted by molar-refractivity contribution is 0.668. The number of benzene rings is 9. The molecular formula is C58H33N5O2. The molecule has 15 aromatic rings. The maximum atomic E-state index is 6.22. The monoisotopic (exact) mass is 831 g/mol. The first-order valence-electron chi connectivity index (χ1n) is 21.9. The van der Waals surface area contributed by atoms with Gasteiger partial charge in [0.15, 0.2) is 0 Å². The third-order valence-corrected chi connectivity index (χ3v) is 13.5. The van der Waals surface area contributed by atoms with Gasteiger partial charge in [0.1, 0.15) is 22.3 Å². The maximum Gasteiger partial charge on any atom is 0.235 e. The summed E-state index contributed by atoms with van der Waals surface area (Å²) in [6, 6.07) is 68.9. The molecule has 0 radical (unpaired) electrons. The molecule has 0 amide bonds. The predicted molar refractivity (Wildman–Crippen MR) is 265 cm³/mol. The highest BCUT2D eigenvalue weighted by Crippen LogP contribution is 2.42. The van der Waals surface area contributed by atoms with Gasteiger partial charge in [0.2, 0.25) is 5.95 Å². The smallest absolute Gasteiger partial charge is 0.235 e. The van der Waals surface area contributed by atoms with Crippen molar-refractivity contribution in [2.45, 2.75) is 0 Å². The summed E-state index contributed by atoms with van der Waals surface area (Å²) in [4.78, 5) is 10.2. The molecule has 302 valence electrons. The van der Waals surface area contributed by atoms with Gasteiger partial charge in [0, 0.05) is 77.0 Å². The van der Waals surface area contributed by atoms with Gasteiger partial charge in [-0.25, -0.2) is 9.97 Å². The van der Waals surface area contributed by atoms with Crippen LogP contribution in [0.2, 0.25) is 0 Å². The molecule has 9 aromatic carbocycles. The third-order valence-electron chi connectivity index (χ3n) is 13.5. The van der Waals surface area contributed by atoms with Gasteiger partial charge in [-0.15, -0.1) is 0 Å². The predicted octanol–water partition coefficient (Wildman–Crippen LogP) is 15.2. The molecule has 0 saturated carbocycles. The second kappa shape index (κ2) is 12.8. The van der Waals surface area contributed by atoms with Crippen molar-refractivity contribution in [3.05, 3.63) is 200 Å². The Morgan fingerprint density at radius 1 is 0.308 bits per heavy atom. The molecule has 6 aromatic heterocycles. The lowest BCUT2D eigenvalue weighted by Crippen LogP contribution is -2.01. The van der Waals surface area contributed by atoms with E-state index < -0.39 is 0 Å². The van der Waals surface area contributed by atoms with Crippen molar-refractivity contribution in [1.82, 2.24) is 23.7 Å². The van der Waals surface area contributed by atoms with Crippen LogP contribution in [-0.2, 0) is 0 Å². The van der Waals surface area contributed by atoms with Crippen molar-refractivity contribution in [2.75, 3.05) is 0 Å². The minimum atomic E-state index is 0.621. The molecular weight excluding hydrogens is 799 g/mol. The molecule has 0 unspecified atom stereocenters. The van der Waals surface area contributed by atoms with Gasteiger partial charge in [0.25, 0.3) is 0 Å². The topological polar surface area (TPSA) is 66.8 Å². The van der Waals surface area contributed by atoms with Gasteiger partial charge in [-0.2, -0.15) is 0 Å². The molecule has 0 spiro atoms. The van der Waals surface area contributed by atoms with Crippen molar-refractivity contribution in [3.8, 4) is 28.6 Å². The van der Waals surface area contributed by atoms with Crippen LogP contribution in [-0.4, -0.2) is 23.7 Å². The zero-order valence-electron chi connectivity index (χ0n) is 34.6.